The van der Waals surface area contributed by atoms with Crippen molar-refractivity contribution in [2.24, 2.45) is 0 Å². The number of rotatable bonds is 3. The number of carbonyl (C=O) groups excluding carboxylic acids is 1. The topological polar surface area (TPSA) is 67.8 Å². The number of hydrogen-bond acceptors (Lipinski definition) is 4. The minimum absolute atomic E-state index is 0.209. The van der Waals surface area contributed by atoms with E-state index in [2.05, 4.69) is 27.2 Å². The van der Waals surface area contributed by atoms with Gasteiger partial charge in [-0.25, -0.2) is 9.97 Å². The summed E-state index contributed by atoms with van der Waals surface area (Å²) in [6, 6.07) is 9.47. The molecule has 21 heavy (non-hydrogen) atoms. The van der Waals surface area contributed by atoms with Gasteiger partial charge in [0.05, 0.1) is 5.56 Å². The van der Waals surface area contributed by atoms with Gasteiger partial charge >= 0.3 is 0 Å². The monoisotopic (exact) mass is 278 g/mol. The molecule has 104 valence electrons. The van der Waals surface area contributed by atoms with Crippen molar-refractivity contribution in [2.45, 2.75) is 13.3 Å². The van der Waals surface area contributed by atoms with E-state index in [1.807, 2.05) is 24.3 Å². The van der Waals surface area contributed by atoms with E-state index in [0.717, 1.165) is 12.1 Å². The number of nitrogens with one attached hydrogen (secondary N) is 1. The van der Waals surface area contributed by atoms with Crippen molar-refractivity contribution in [3.63, 3.8) is 0 Å². The Kier molecular flexibility index (Phi) is 3.55. The number of amides is 1. The lowest BCUT2D eigenvalue weighted by Gasteiger charge is -2.06. The molecule has 5 heteroatoms. The molecule has 3 rings (SSSR count). The van der Waals surface area contributed by atoms with Crippen molar-refractivity contribution in [2.75, 3.05) is 5.32 Å². The van der Waals surface area contributed by atoms with Gasteiger partial charge in [0.1, 0.15) is 5.52 Å². The zero-order valence-electron chi connectivity index (χ0n) is 11.6. The summed E-state index contributed by atoms with van der Waals surface area (Å²) in [7, 11) is 0. The van der Waals surface area contributed by atoms with Gasteiger partial charge in [-0.3, -0.25) is 9.78 Å². The molecule has 2 aromatic heterocycles. The number of fused-ring (bicyclic) bond motifs is 1. The first-order valence-electron chi connectivity index (χ1n) is 6.73. The molecule has 0 fully saturated rings. The molecule has 0 saturated carbocycles. The van der Waals surface area contributed by atoms with Crippen molar-refractivity contribution in [3.8, 4) is 0 Å². The third-order valence-corrected chi connectivity index (χ3v) is 3.21. The second-order valence-corrected chi connectivity index (χ2v) is 4.63. The van der Waals surface area contributed by atoms with Crippen molar-refractivity contribution in [3.05, 3.63) is 60.0 Å². The first kappa shape index (κ1) is 13.2. The molecule has 0 atom stereocenters. The molecule has 0 aliphatic heterocycles. The fourth-order valence-corrected chi connectivity index (χ4v) is 2.01. The van der Waals surface area contributed by atoms with Crippen molar-refractivity contribution in [1.29, 1.82) is 0 Å². The van der Waals surface area contributed by atoms with Crippen molar-refractivity contribution in [1.82, 2.24) is 15.0 Å². The fourth-order valence-electron chi connectivity index (χ4n) is 2.01. The maximum Gasteiger partial charge on any atom is 0.257 e. The fraction of sp³-hybridized carbons (Fsp3) is 0.125. The first-order chi connectivity index (χ1) is 10.3. The van der Waals surface area contributed by atoms with Crippen LogP contribution >= 0.6 is 0 Å². The van der Waals surface area contributed by atoms with Crippen LogP contribution in [0.3, 0.4) is 0 Å². The summed E-state index contributed by atoms with van der Waals surface area (Å²) in [5, 5.41) is 2.85. The molecule has 1 amide bonds. The highest BCUT2D eigenvalue weighted by Gasteiger charge is 2.08. The SMILES string of the molecule is CCc1ccc(NC(=O)c2cnc3nccnc3c2)cc1. The van der Waals surface area contributed by atoms with Gasteiger partial charge < -0.3 is 5.32 Å². The molecule has 0 radical (unpaired) electrons. The second kappa shape index (κ2) is 5.66. The summed E-state index contributed by atoms with van der Waals surface area (Å²) in [6.07, 6.45) is 5.63. The Labute approximate surface area is 122 Å². The molecule has 0 aliphatic rings. The highest BCUT2D eigenvalue weighted by molar-refractivity contribution is 6.05. The lowest BCUT2D eigenvalue weighted by molar-refractivity contribution is 0.102. The van der Waals surface area contributed by atoms with Crippen molar-refractivity contribution >= 4 is 22.8 Å². The van der Waals surface area contributed by atoms with E-state index in [0.29, 0.717) is 16.7 Å². The van der Waals surface area contributed by atoms with E-state index in [-0.39, 0.29) is 5.91 Å². The number of aromatic nitrogens is 3. The van der Waals surface area contributed by atoms with Gasteiger partial charge in [-0.1, -0.05) is 19.1 Å². The molecule has 2 heterocycles. The minimum Gasteiger partial charge on any atom is -0.322 e. The van der Waals surface area contributed by atoms with Crippen LogP contribution in [-0.2, 0) is 6.42 Å². The van der Waals surface area contributed by atoms with Crippen LogP contribution < -0.4 is 5.32 Å². The van der Waals surface area contributed by atoms with Crippen LogP contribution in [-0.4, -0.2) is 20.9 Å². The lowest BCUT2D eigenvalue weighted by Crippen LogP contribution is -2.12. The van der Waals surface area contributed by atoms with Crippen LogP contribution in [0.15, 0.2) is 48.9 Å². The van der Waals surface area contributed by atoms with Crippen LogP contribution in [0.2, 0.25) is 0 Å². The molecule has 0 aliphatic carbocycles. The van der Waals surface area contributed by atoms with E-state index < -0.39 is 0 Å². The molecule has 0 unspecified atom stereocenters. The molecular weight excluding hydrogens is 264 g/mol. The molecule has 3 aromatic rings. The van der Waals surface area contributed by atoms with Crippen LogP contribution in [0, 0.1) is 0 Å². The number of aryl methyl sites for hydroxylation is 1. The van der Waals surface area contributed by atoms with E-state index in [1.165, 1.54) is 11.8 Å². The molecular formula is C16H14N4O. The van der Waals surface area contributed by atoms with Crippen LogP contribution in [0.1, 0.15) is 22.8 Å². The number of pyridine rings is 1. The number of anilines is 1. The standard InChI is InChI=1S/C16H14N4O/c1-2-11-3-5-13(6-4-11)20-16(21)12-9-14-15(19-10-12)18-8-7-17-14/h3-10H,2H2,1H3,(H,20,21). The number of carbonyl (C=O) groups is 1. The predicted molar refractivity (Wildman–Crippen MR) is 81.1 cm³/mol. The van der Waals surface area contributed by atoms with E-state index in [1.54, 1.807) is 18.5 Å². The van der Waals surface area contributed by atoms with Gasteiger partial charge in [0.25, 0.3) is 5.91 Å². The third-order valence-electron chi connectivity index (χ3n) is 3.21. The van der Waals surface area contributed by atoms with E-state index in [4.69, 9.17) is 0 Å². The number of benzene rings is 1. The van der Waals surface area contributed by atoms with E-state index in [9.17, 15) is 4.79 Å². The Morgan fingerprint density at radius 1 is 1.10 bits per heavy atom. The average molecular weight is 278 g/mol. The Morgan fingerprint density at radius 2 is 1.86 bits per heavy atom. The molecule has 5 nitrogen and oxygen atoms in total. The summed E-state index contributed by atoms with van der Waals surface area (Å²) in [5.74, 6) is -0.209. The lowest BCUT2D eigenvalue weighted by atomic mass is 10.1. The Morgan fingerprint density at radius 3 is 2.62 bits per heavy atom. The van der Waals surface area contributed by atoms with Gasteiger partial charge in [0.15, 0.2) is 5.65 Å². The second-order valence-electron chi connectivity index (χ2n) is 4.63. The highest BCUT2D eigenvalue weighted by Crippen LogP contribution is 2.13. The third kappa shape index (κ3) is 2.86. The minimum atomic E-state index is -0.209. The molecule has 0 bridgehead atoms. The normalized spacial score (nSPS) is 10.5. The zero-order chi connectivity index (χ0) is 14.7. The largest absolute Gasteiger partial charge is 0.322 e. The summed E-state index contributed by atoms with van der Waals surface area (Å²) < 4.78 is 0. The smallest absolute Gasteiger partial charge is 0.257 e. The molecule has 0 spiro atoms. The number of nitrogens with zero attached hydrogens (tertiary/aromatic N) is 3. The summed E-state index contributed by atoms with van der Waals surface area (Å²) in [5.41, 5.74) is 3.59. The number of hydrogen-bond donors (Lipinski definition) is 1. The van der Waals surface area contributed by atoms with Gasteiger partial charge in [0, 0.05) is 24.3 Å². The average Bonchev–Trinajstić information content (AvgIpc) is 2.55. The molecule has 1 aromatic carbocycles. The van der Waals surface area contributed by atoms with Gasteiger partial charge in [-0.2, -0.15) is 0 Å². The van der Waals surface area contributed by atoms with Crippen molar-refractivity contribution < 1.29 is 4.79 Å². The van der Waals surface area contributed by atoms with Crippen LogP contribution in [0.5, 0.6) is 0 Å². The molecule has 0 saturated heterocycles. The Balaban J connectivity index is 1.82. The van der Waals surface area contributed by atoms with Gasteiger partial charge in [0.2, 0.25) is 0 Å². The van der Waals surface area contributed by atoms with Crippen LogP contribution in [0.25, 0.3) is 11.2 Å². The van der Waals surface area contributed by atoms with Gasteiger partial charge in [-0.15, -0.1) is 0 Å². The summed E-state index contributed by atoms with van der Waals surface area (Å²) in [6.45, 7) is 2.09. The first-order valence-corrected chi connectivity index (χ1v) is 6.73. The zero-order valence-corrected chi connectivity index (χ0v) is 11.6. The van der Waals surface area contributed by atoms with E-state index >= 15 is 0 Å². The summed E-state index contributed by atoms with van der Waals surface area (Å²) in [4.78, 5) is 24.6. The molecule has 1 N–H and O–H groups in total. The Hall–Kier alpha value is -2.82. The van der Waals surface area contributed by atoms with Crippen LogP contribution in [0.4, 0.5) is 5.69 Å². The Bertz CT molecular complexity index is 784. The van der Waals surface area contributed by atoms with Gasteiger partial charge in [-0.05, 0) is 30.2 Å². The maximum absolute atomic E-state index is 12.2. The maximum atomic E-state index is 12.2. The quantitative estimate of drug-likeness (QED) is 0.800. The summed E-state index contributed by atoms with van der Waals surface area (Å²) >= 11 is 0. The highest BCUT2D eigenvalue weighted by atomic mass is 16.1. The predicted octanol–water partition coefficient (Wildman–Crippen LogP) is 2.84.